The molecule has 5 rings (SSSR count). The number of fused-ring (bicyclic) bond motifs is 3. The van der Waals surface area contributed by atoms with Crippen molar-refractivity contribution in [1.29, 1.82) is 0 Å². The van der Waals surface area contributed by atoms with Gasteiger partial charge in [-0.25, -0.2) is 9.97 Å². The van der Waals surface area contributed by atoms with Gasteiger partial charge >= 0.3 is 0 Å². The van der Waals surface area contributed by atoms with Gasteiger partial charge < -0.3 is 0 Å². The predicted molar refractivity (Wildman–Crippen MR) is 148 cm³/mol. The van der Waals surface area contributed by atoms with E-state index in [2.05, 4.69) is 0 Å². The smallest absolute Gasteiger partial charge is 0.267 e. The Morgan fingerprint density at radius 3 is 2.14 bits per heavy atom. The Hall–Kier alpha value is -3.19. The molecule has 0 N–H and O–H groups in total. The van der Waals surface area contributed by atoms with E-state index in [1.54, 1.807) is 44.3 Å². The number of halogens is 3. The second-order valence-electron chi connectivity index (χ2n) is 8.90. The first kappa shape index (κ1) is 24.5. The predicted octanol–water partition coefficient (Wildman–Crippen LogP) is 6.83. The van der Waals surface area contributed by atoms with Gasteiger partial charge in [0.1, 0.15) is 16.9 Å². The highest BCUT2D eigenvalue weighted by molar-refractivity contribution is 6.36. The number of benzene rings is 2. The zero-order valence-electron chi connectivity index (χ0n) is 19.9. The Balaban J connectivity index is 1.99. The van der Waals surface area contributed by atoms with Crippen LogP contribution in [0, 0.1) is 6.92 Å². The van der Waals surface area contributed by atoms with Crippen molar-refractivity contribution in [2.45, 2.75) is 26.8 Å². The Morgan fingerprint density at radius 2 is 1.50 bits per heavy atom. The van der Waals surface area contributed by atoms with Crippen molar-refractivity contribution in [1.82, 2.24) is 19.1 Å². The molecule has 0 aliphatic heterocycles. The number of rotatable bonds is 3. The minimum absolute atomic E-state index is 0.0328. The van der Waals surface area contributed by atoms with Crippen molar-refractivity contribution in [3.63, 3.8) is 0 Å². The zero-order chi connectivity index (χ0) is 25.9. The number of pyridine rings is 2. The lowest BCUT2D eigenvalue weighted by Crippen LogP contribution is -2.32. The molecule has 0 unspecified atom stereocenters. The third kappa shape index (κ3) is 3.90. The summed E-state index contributed by atoms with van der Waals surface area (Å²) in [6.07, 6.45) is 0. The van der Waals surface area contributed by atoms with Crippen LogP contribution in [-0.4, -0.2) is 19.1 Å². The van der Waals surface area contributed by atoms with Crippen LogP contribution in [0.2, 0.25) is 15.1 Å². The van der Waals surface area contributed by atoms with Gasteiger partial charge in [0.25, 0.3) is 11.1 Å². The van der Waals surface area contributed by atoms with Crippen LogP contribution in [0.5, 0.6) is 0 Å². The molecular formula is C27H21Cl3N4O2. The van der Waals surface area contributed by atoms with E-state index in [0.717, 1.165) is 11.1 Å². The summed E-state index contributed by atoms with van der Waals surface area (Å²) in [5.74, 6) is 0.523. The van der Waals surface area contributed by atoms with Gasteiger partial charge in [-0.3, -0.25) is 18.7 Å². The van der Waals surface area contributed by atoms with E-state index in [0.29, 0.717) is 48.7 Å². The summed E-state index contributed by atoms with van der Waals surface area (Å²) in [4.78, 5) is 36.5. The maximum Gasteiger partial charge on any atom is 0.267 e. The first-order valence-corrected chi connectivity index (χ1v) is 12.4. The van der Waals surface area contributed by atoms with Crippen LogP contribution in [0.15, 0.2) is 58.1 Å². The van der Waals surface area contributed by atoms with Crippen LogP contribution in [0.3, 0.4) is 0 Å². The van der Waals surface area contributed by atoms with E-state index in [9.17, 15) is 9.59 Å². The molecule has 0 amide bonds. The van der Waals surface area contributed by atoms with Crippen molar-refractivity contribution in [3.8, 4) is 22.4 Å². The van der Waals surface area contributed by atoms with E-state index in [1.807, 2.05) is 32.0 Å². The molecule has 3 heterocycles. The fourth-order valence-corrected chi connectivity index (χ4v) is 5.19. The molecule has 0 saturated carbocycles. The fourth-order valence-electron chi connectivity index (χ4n) is 4.57. The SMILES string of the molecule is Cc1nc2c(c(=O)n1C(C)C)c(=O)n(C)c1nc(-c3ccc(Cl)cc3Cl)c(-c3ccc(Cl)cc3)cc21. The maximum absolute atomic E-state index is 13.4. The molecule has 0 saturated heterocycles. The molecule has 182 valence electrons. The quantitative estimate of drug-likeness (QED) is 0.236. The average molecular weight is 540 g/mol. The molecule has 5 aromatic rings. The number of aryl methyl sites for hydroxylation is 2. The molecule has 0 spiro atoms. The van der Waals surface area contributed by atoms with Crippen molar-refractivity contribution < 1.29 is 0 Å². The van der Waals surface area contributed by atoms with Gasteiger partial charge in [0, 0.05) is 39.6 Å². The van der Waals surface area contributed by atoms with E-state index < -0.39 is 5.56 Å². The van der Waals surface area contributed by atoms with Gasteiger partial charge in [0.2, 0.25) is 0 Å². The summed E-state index contributed by atoms with van der Waals surface area (Å²) in [5, 5.41) is 2.13. The van der Waals surface area contributed by atoms with Crippen LogP contribution in [0.4, 0.5) is 0 Å². The normalized spacial score (nSPS) is 11.7. The topological polar surface area (TPSA) is 69.8 Å². The first-order chi connectivity index (χ1) is 17.1. The molecule has 0 radical (unpaired) electrons. The van der Waals surface area contributed by atoms with E-state index in [1.165, 1.54) is 9.13 Å². The number of nitrogens with zero attached hydrogens (tertiary/aromatic N) is 4. The standard InChI is InChI=1S/C27H21Cl3N4O2/c1-13(2)34-14(3)31-24-20-12-19(15-5-7-16(28)8-6-15)23(18-10-9-17(29)11-21(18)30)32-25(20)33(4)26(35)22(24)27(34)36/h5-13H,1-4H3. The minimum atomic E-state index is -0.454. The van der Waals surface area contributed by atoms with Gasteiger partial charge in [-0.2, -0.15) is 0 Å². The van der Waals surface area contributed by atoms with Gasteiger partial charge in [-0.1, -0.05) is 46.9 Å². The fraction of sp³-hybridized carbons (Fsp3) is 0.185. The molecule has 3 aromatic heterocycles. The van der Waals surface area contributed by atoms with Crippen LogP contribution in [0.25, 0.3) is 44.3 Å². The van der Waals surface area contributed by atoms with Gasteiger partial charge in [0.15, 0.2) is 0 Å². The summed E-state index contributed by atoms with van der Waals surface area (Å²) in [7, 11) is 1.60. The molecule has 6 nitrogen and oxygen atoms in total. The lowest BCUT2D eigenvalue weighted by atomic mass is 9.97. The number of hydrogen-bond donors (Lipinski definition) is 0. The molecular weight excluding hydrogens is 519 g/mol. The Labute approximate surface area is 221 Å². The molecule has 0 fully saturated rings. The Bertz CT molecular complexity index is 1810. The molecule has 9 heteroatoms. The second-order valence-corrected chi connectivity index (χ2v) is 10.2. The maximum atomic E-state index is 13.4. The highest BCUT2D eigenvalue weighted by Crippen LogP contribution is 2.38. The highest BCUT2D eigenvalue weighted by Gasteiger charge is 2.22. The molecule has 0 aliphatic rings. The van der Waals surface area contributed by atoms with Crippen LogP contribution >= 0.6 is 34.8 Å². The van der Waals surface area contributed by atoms with Crippen LogP contribution < -0.4 is 11.1 Å². The van der Waals surface area contributed by atoms with Crippen LogP contribution in [-0.2, 0) is 7.05 Å². The van der Waals surface area contributed by atoms with Crippen molar-refractivity contribution in [2.75, 3.05) is 0 Å². The third-order valence-corrected chi connectivity index (χ3v) is 7.04. The number of hydrogen-bond acceptors (Lipinski definition) is 4. The summed E-state index contributed by atoms with van der Waals surface area (Å²) in [5.41, 5.74) is 2.69. The molecule has 0 atom stereocenters. The molecule has 36 heavy (non-hydrogen) atoms. The largest absolute Gasteiger partial charge is 0.295 e. The monoisotopic (exact) mass is 538 g/mol. The Morgan fingerprint density at radius 1 is 0.833 bits per heavy atom. The van der Waals surface area contributed by atoms with Crippen molar-refractivity contribution in [3.05, 3.63) is 90.1 Å². The Kier molecular flexibility index (Phi) is 6.15. The lowest BCUT2D eigenvalue weighted by Gasteiger charge is -2.18. The number of aromatic nitrogens is 4. The molecule has 0 aliphatic carbocycles. The van der Waals surface area contributed by atoms with Gasteiger partial charge in [-0.15, -0.1) is 0 Å². The second kappa shape index (κ2) is 9.04. The van der Waals surface area contributed by atoms with Crippen molar-refractivity contribution in [2.24, 2.45) is 7.05 Å². The van der Waals surface area contributed by atoms with Crippen molar-refractivity contribution >= 4 is 56.7 Å². The highest BCUT2D eigenvalue weighted by atomic mass is 35.5. The van der Waals surface area contributed by atoms with E-state index >= 15 is 0 Å². The van der Waals surface area contributed by atoms with Gasteiger partial charge in [0.05, 0.1) is 16.2 Å². The summed E-state index contributed by atoms with van der Waals surface area (Å²) >= 11 is 18.9. The van der Waals surface area contributed by atoms with Crippen LogP contribution in [0.1, 0.15) is 25.7 Å². The molecule has 2 aromatic carbocycles. The van der Waals surface area contributed by atoms with E-state index in [4.69, 9.17) is 44.8 Å². The summed E-state index contributed by atoms with van der Waals surface area (Å²) in [6.45, 7) is 5.53. The lowest BCUT2D eigenvalue weighted by molar-refractivity contribution is 0.554. The summed E-state index contributed by atoms with van der Waals surface area (Å²) in [6, 6.07) is 14.3. The van der Waals surface area contributed by atoms with E-state index in [-0.39, 0.29) is 17.0 Å². The summed E-state index contributed by atoms with van der Waals surface area (Å²) < 4.78 is 2.92. The minimum Gasteiger partial charge on any atom is -0.295 e. The molecule has 0 bridgehead atoms. The zero-order valence-corrected chi connectivity index (χ0v) is 22.2. The van der Waals surface area contributed by atoms with Gasteiger partial charge in [-0.05, 0) is 62.7 Å². The average Bonchev–Trinajstić information content (AvgIpc) is 2.82. The first-order valence-electron chi connectivity index (χ1n) is 11.3. The third-order valence-electron chi connectivity index (χ3n) is 6.24.